The summed E-state index contributed by atoms with van der Waals surface area (Å²) in [4.78, 5) is 12.3. The Balaban J connectivity index is 1.56. The number of carbonyl (C=O) groups is 1. The van der Waals surface area contributed by atoms with Gasteiger partial charge in [-0.1, -0.05) is 42.0 Å². The van der Waals surface area contributed by atoms with Gasteiger partial charge in [-0.25, -0.2) is 13.6 Å². The Hall–Kier alpha value is -2.97. The molecule has 0 saturated heterocycles. The Morgan fingerprint density at radius 3 is 2.41 bits per heavy atom. The molecule has 0 unspecified atom stereocenters. The molecule has 0 saturated carbocycles. The van der Waals surface area contributed by atoms with Gasteiger partial charge in [-0.05, 0) is 37.1 Å². The number of H-pyrrole nitrogens is 1. The van der Waals surface area contributed by atoms with E-state index in [-0.39, 0.29) is 10.8 Å². The van der Waals surface area contributed by atoms with Gasteiger partial charge in [0, 0.05) is 12.1 Å². The zero-order valence-electron chi connectivity index (χ0n) is 14.8. The van der Waals surface area contributed by atoms with Crippen molar-refractivity contribution in [1.29, 1.82) is 0 Å². The van der Waals surface area contributed by atoms with E-state index in [2.05, 4.69) is 15.5 Å². The lowest BCUT2D eigenvalue weighted by Gasteiger charge is -2.05. The van der Waals surface area contributed by atoms with E-state index in [0.717, 1.165) is 16.7 Å². The van der Waals surface area contributed by atoms with Gasteiger partial charge in [-0.15, -0.1) is 0 Å². The van der Waals surface area contributed by atoms with E-state index in [1.54, 1.807) is 18.2 Å². The van der Waals surface area contributed by atoms with Crippen LogP contribution in [0.4, 0.5) is 0 Å². The SMILES string of the molecule is Cc1ccc(-c2cc(C(=O)NCCc3ccc(S(N)(=O)=O)cc3)[nH]n2)cc1. The molecule has 0 bridgehead atoms. The van der Waals surface area contributed by atoms with Crippen molar-refractivity contribution >= 4 is 15.9 Å². The fourth-order valence-corrected chi connectivity index (χ4v) is 3.09. The molecule has 0 aliphatic carbocycles. The maximum atomic E-state index is 12.2. The molecular formula is C19H20N4O3S. The summed E-state index contributed by atoms with van der Waals surface area (Å²) < 4.78 is 22.5. The van der Waals surface area contributed by atoms with E-state index in [4.69, 9.17) is 5.14 Å². The molecular weight excluding hydrogens is 364 g/mol. The Morgan fingerprint density at radius 2 is 1.78 bits per heavy atom. The van der Waals surface area contributed by atoms with Crippen LogP contribution in [0.2, 0.25) is 0 Å². The predicted molar refractivity (Wildman–Crippen MR) is 103 cm³/mol. The number of nitrogens with one attached hydrogen (secondary N) is 2. The second-order valence-corrected chi connectivity index (χ2v) is 7.79. The van der Waals surface area contributed by atoms with Crippen LogP contribution in [0.3, 0.4) is 0 Å². The van der Waals surface area contributed by atoms with Gasteiger partial charge in [0.2, 0.25) is 10.0 Å². The quantitative estimate of drug-likeness (QED) is 0.602. The molecule has 7 nitrogen and oxygen atoms in total. The van der Waals surface area contributed by atoms with Gasteiger partial charge in [0.25, 0.3) is 5.91 Å². The highest BCUT2D eigenvalue weighted by Crippen LogP contribution is 2.18. The standard InChI is InChI=1S/C19H20N4O3S/c1-13-2-6-15(7-3-13)17-12-18(23-22-17)19(24)21-11-10-14-4-8-16(9-5-14)27(20,25)26/h2-9,12H,10-11H2,1H3,(H,21,24)(H,22,23)(H2,20,25,26). The number of aryl methyl sites for hydroxylation is 1. The number of benzene rings is 2. The fraction of sp³-hybridized carbons (Fsp3) is 0.158. The van der Waals surface area contributed by atoms with Crippen molar-refractivity contribution in [2.75, 3.05) is 6.54 Å². The summed E-state index contributed by atoms with van der Waals surface area (Å²) in [6.07, 6.45) is 0.565. The molecule has 2 aromatic carbocycles. The first kappa shape index (κ1) is 18.8. The molecule has 0 radical (unpaired) electrons. The van der Waals surface area contributed by atoms with Crippen LogP contribution in [-0.2, 0) is 16.4 Å². The molecule has 0 atom stereocenters. The van der Waals surface area contributed by atoms with Gasteiger partial charge >= 0.3 is 0 Å². The number of aromatic nitrogens is 2. The summed E-state index contributed by atoms with van der Waals surface area (Å²) in [7, 11) is -3.69. The van der Waals surface area contributed by atoms with Crippen molar-refractivity contribution in [3.05, 3.63) is 71.4 Å². The van der Waals surface area contributed by atoms with Crippen LogP contribution in [0.25, 0.3) is 11.3 Å². The fourth-order valence-electron chi connectivity index (χ4n) is 2.57. The van der Waals surface area contributed by atoms with E-state index in [1.165, 1.54) is 12.1 Å². The molecule has 8 heteroatoms. The first-order valence-corrected chi connectivity index (χ1v) is 9.90. The number of amides is 1. The number of primary sulfonamides is 1. The van der Waals surface area contributed by atoms with Crippen LogP contribution < -0.4 is 10.5 Å². The second-order valence-electron chi connectivity index (χ2n) is 6.23. The summed E-state index contributed by atoms with van der Waals surface area (Å²) in [6.45, 7) is 2.42. The monoisotopic (exact) mass is 384 g/mol. The predicted octanol–water partition coefficient (Wildman–Crippen LogP) is 2.01. The van der Waals surface area contributed by atoms with Crippen molar-refractivity contribution in [2.45, 2.75) is 18.2 Å². The number of nitrogens with zero attached hydrogens (tertiary/aromatic N) is 1. The molecule has 3 rings (SSSR count). The normalized spacial score (nSPS) is 11.3. The lowest BCUT2D eigenvalue weighted by Crippen LogP contribution is -2.26. The average Bonchev–Trinajstić information content (AvgIpc) is 3.12. The summed E-state index contributed by atoms with van der Waals surface area (Å²) in [5.41, 5.74) is 4.08. The number of hydrogen-bond acceptors (Lipinski definition) is 4. The van der Waals surface area contributed by atoms with Crippen LogP contribution >= 0.6 is 0 Å². The van der Waals surface area contributed by atoms with Crippen LogP contribution in [0.1, 0.15) is 21.6 Å². The van der Waals surface area contributed by atoms with E-state index in [0.29, 0.717) is 24.4 Å². The summed E-state index contributed by atoms with van der Waals surface area (Å²) >= 11 is 0. The van der Waals surface area contributed by atoms with Crippen molar-refractivity contribution < 1.29 is 13.2 Å². The maximum absolute atomic E-state index is 12.2. The van der Waals surface area contributed by atoms with Crippen LogP contribution in [0.5, 0.6) is 0 Å². The number of carbonyl (C=O) groups excluding carboxylic acids is 1. The first-order chi connectivity index (χ1) is 12.8. The number of hydrogen-bond donors (Lipinski definition) is 3. The zero-order valence-corrected chi connectivity index (χ0v) is 15.6. The van der Waals surface area contributed by atoms with Crippen LogP contribution in [0, 0.1) is 6.92 Å². The third-order valence-electron chi connectivity index (χ3n) is 4.12. The number of aromatic amines is 1. The summed E-state index contributed by atoms with van der Waals surface area (Å²) in [5.74, 6) is -0.248. The highest BCUT2D eigenvalue weighted by molar-refractivity contribution is 7.89. The van der Waals surface area contributed by atoms with E-state index >= 15 is 0 Å². The molecule has 0 spiro atoms. The highest BCUT2D eigenvalue weighted by Gasteiger charge is 2.11. The molecule has 140 valence electrons. The molecule has 3 aromatic rings. The Bertz CT molecular complexity index is 1040. The lowest BCUT2D eigenvalue weighted by molar-refractivity contribution is 0.0949. The second kappa shape index (κ2) is 7.73. The minimum absolute atomic E-state index is 0.0661. The summed E-state index contributed by atoms with van der Waals surface area (Å²) in [6, 6.07) is 15.9. The largest absolute Gasteiger partial charge is 0.350 e. The smallest absolute Gasteiger partial charge is 0.269 e. The topological polar surface area (TPSA) is 118 Å². The van der Waals surface area contributed by atoms with Gasteiger partial charge in [0.05, 0.1) is 10.6 Å². The molecule has 1 aromatic heterocycles. The zero-order chi connectivity index (χ0) is 19.4. The third-order valence-corrected chi connectivity index (χ3v) is 5.05. The van der Waals surface area contributed by atoms with Gasteiger partial charge in [-0.3, -0.25) is 9.89 Å². The molecule has 27 heavy (non-hydrogen) atoms. The Labute approximate surface area is 157 Å². The molecule has 4 N–H and O–H groups in total. The molecule has 0 fully saturated rings. The third kappa shape index (κ3) is 4.81. The highest BCUT2D eigenvalue weighted by atomic mass is 32.2. The van der Waals surface area contributed by atoms with Gasteiger partial charge in [-0.2, -0.15) is 5.10 Å². The molecule has 1 heterocycles. The Kier molecular flexibility index (Phi) is 5.38. The number of sulfonamides is 1. The van der Waals surface area contributed by atoms with Crippen molar-refractivity contribution in [3.63, 3.8) is 0 Å². The van der Waals surface area contributed by atoms with Crippen LogP contribution in [-0.4, -0.2) is 31.1 Å². The molecule has 0 aliphatic rings. The van der Waals surface area contributed by atoms with Crippen LogP contribution in [0.15, 0.2) is 59.5 Å². The van der Waals surface area contributed by atoms with Gasteiger partial charge in [0.15, 0.2) is 0 Å². The maximum Gasteiger partial charge on any atom is 0.269 e. The van der Waals surface area contributed by atoms with E-state index in [1.807, 2.05) is 31.2 Å². The van der Waals surface area contributed by atoms with Gasteiger partial charge < -0.3 is 5.32 Å². The van der Waals surface area contributed by atoms with Crippen molar-refractivity contribution in [2.24, 2.45) is 5.14 Å². The van der Waals surface area contributed by atoms with Crippen molar-refractivity contribution in [3.8, 4) is 11.3 Å². The number of rotatable bonds is 6. The van der Waals surface area contributed by atoms with Gasteiger partial charge in [0.1, 0.15) is 5.69 Å². The first-order valence-electron chi connectivity index (χ1n) is 8.35. The van der Waals surface area contributed by atoms with E-state index < -0.39 is 10.0 Å². The van der Waals surface area contributed by atoms with Crippen molar-refractivity contribution in [1.82, 2.24) is 15.5 Å². The Morgan fingerprint density at radius 1 is 1.11 bits per heavy atom. The molecule has 0 aliphatic heterocycles. The number of nitrogens with two attached hydrogens (primary N) is 1. The molecule has 1 amide bonds. The minimum atomic E-state index is -3.69. The average molecular weight is 384 g/mol. The summed E-state index contributed by atoms with van der Waals surface area (Å²) in [5, 5.41) is 14.8. The minimum Gasteiger partial charge on any atom is -0.350 e. The lowest BCUT2D eigenvalue weighted by atomic mass is 10.1. The van der Waals surface area contributed by atoms with E-state index in [9.17, 15) is 13.2 Å².